The second kappa shape index (κ2) is 5.07. The maximum Gasteiger partial charge on any atom is 0.281 e. The molecule has 0 aliphatic heterocycles. The highest BCUT2D eigenvalue weighted by Gasteiger charge is 2.17. The lowest BCUT2D eigenvalue weighted by molar-refractivity contribution is -0.111. The molecule has 0 radical (unpaired) electrons. The van der Waals surface area contributed by atoms with E-state index >= 15 is 0 Å². The van der Waals surface area contributed by atoms with Crippen LogP contribution in [0.15, 0.2) is 0 Å². The van der Waals surface area contributed by atoms with E-state index in [0.717, 1.165) is 12.5 Å². The highest BCUT2D eigenvalue weighted by Crippen LogP contribution is 2.03. The summed E-state index contributed by atoms with van der Waals surface area (Å²) < 4.78 is 0. The predicted molar refractivity (Wildman–Crippen MR) is 46.4 cm³/mol. The van der Waals surface area contributed by atoms with Gasteiger partial charge in [-0.3, -0.25) is 0 Å². The molecule has 0 N–H and O–H groups in total. The molecule has 0 rings (SSSR count). The van der Waals surface area contributed by atoms with Crippen LogP contribution < -0.4 is 0 Å². The van der Waals surface area contributed by atoms with Gasteiger partial charge in [0, 0.05) is 0 Å². The molecule has 0 aromatic rings. The quantitative estimate of drug-likeness (QED) is 0.403. The average Bonchev–Trinajstić information content (AvgIpc) is 1.88. The van der Waals surface area contributed by atoms with Gasteiger partial charge in [-0.15, -0.1) is 0 Å². The Labute approximate surface area is 68.0 Å². The van der Waals surface area contributed by atoms with Crippen molar-refractivity contribution in [2.24, 2.45) is 5.92 Å². The molecule has 3 nitrogen and oxygen atoms in total. The number of hydrogen-bond donors (Lipinski definition) is 0. The van der Waals surface area contributed by atoms with Gasteiger partial charge in [0.05, 0.1) is 12.2 Å². The summed E-state index contributed by atoms with van der Waals surface area (Å²) in [6.45, 7) is 3.92. The number of carbonyl (C=O) groups is 2. The molecule has 62 valence electrons. The minimum atomic E-state index is -0.139. The van der Waals surface area contributed by atoms with Gasteiger partial charge >= 0.3 is 0 Å². The zero-order chi connectivity index (χ0) is 8.85. The normalized spacial score (nSPS) is 13.2. The van der Waals surface area contributed by atoms with Crippen LogP contribution in [0.2, 0.25) is 0 Å². The van der Waals surface area contributed by atoms with E-state index in [9.17, 15) is 9.59 Å². The van der Waals surface area contributed by atoms with Crippen LogP contribution in [0.4, 0.5) is 0 Å². The van der Waals surface area contributed by atoms with Gasteiger partial charge < -0.3 is 14.4 Å². The molecule has 0 aliphatic rings. The molecule has 1 atom stereocenters. The van der Waals surface area contributed by atoms with Crippen LogP contribution in [-0.4, -0.2) is 37.8 Å². The van der Waals surface area contributed by atoms with E-state index < -0.39 is 0 Å². The smallest absolute Gasteiger partial charge is 0.281 e. The van der Waals surface area contributed by atoms with E-state index in [0.29, 0.717) is 7.41 Å². The molecule has 0 aromatic carbocycles. The Morgan fingerprint density at radius 3 is 2.18 bits per heavy atom. The van der Waals surface area contributed by atoms with Crippen LogP contribution in [0.1, 0.15) is 13.8 Å². The van der Waals surface area contributed by atoms with Gasteiger partial charge in [-0.1, -0.05) is 13.8 Å². The Hall–Kier alpha value is -0.635. The van der Waals surface area contributed by atoms with Crippen LogP contribution >= 0.6 is 0 Å². The minimum Gasteiger partial charge on any atom is -0.333 e. The van der Waals surface area contributed by atoms with E-state index in [-0.39, 0.29) is 12.0 Å². The van der Waals surface area contributed by atoms with E-state index in [4.69, 9.17) is 0 Å². The van der Waals surface area contributed by atoms with Crippen molar-refractivity contribution in [2.45, 2.75) is 19.9 Å². The second-order valence-electron chi connectivity index (χ2n) is 2.98. The Balaban J connectivity index is 4.01. The molecular formula is C7H14BNO2. The van der Waals surface area contributed by atoms with Gasteiger partial charge in [0.25, 0.3) is 7.41 Å². The molecule has 11 heavy (non-hydrogen) atoms. The fourth-order valence-corrected chi connectivity index (χ4v) is 1.01. The van der Waals surface area contributed by atoms with Crippen molar-refractivity contribution in [3.63, 3.8) is 0 Å². The summed E-state index contributed by atoms with van der Waals surface area (Å²) in [7, 11) is 2.09. The monoisotopic (exact) mass is 155 g/mol. The summed E-state index contributed by atoms with van der Waals surface area (Å²) in [6, 6.07) is -0.139. The van der Waals surface area contributed by atoms with E-state index in [1.807, 2.05) is 13.8 Å². The van der Waals surface area contributed by atoms with E-state index in [2.05, 4.69) is 0 Å². The molecule has 0 saturated heterocycles. The Bertz CT molecular complexity index is 138. The third-order valence-corrected chi connectivity index (χ3v) is 1.69. The third-order valence-electron chi connectivity index (χ3n) is 1.69. The van der Waals surface area contributed by atoms with Crippen LogP contribution in [0.25, 0.3) is 0 Å². The SMILES string of the molecule is CC(C)[C@@H](C=O)N(C)BC=O. The van der Waals surface area contributed by atoms with Gasteiger partial charge in [0.2, 0.25) is 0 Å². The highest BCUT2D eigenvalue weighted by molar-refractivity contribution is 6.64. The first kappa shape index (κ1) is 10.4. The molecule has 0 saturated carbocycles. The van der Waals surface area contributed by atoms with Crippen molar-refractivity contribution in [3.8, 4) is 0 Å². The zero-order valence-electron chi connectivity index (χ0n) is 7.28. The van der Waals surface area contributed by atoms with Crippen LogP contribution in [0.3, 0.4) is 0 Å². The standard InChI is InChI=1S/C7H14BNO2/c1-6(2)7(4-10)9(3)8-5-11/h4-8H,1-3H3/t7-/m1/s1. The largest absolute Gasteiger partial charge is 0.333 e. The summed E-state index contributed by atoms with van der Waals surface area (Å²) in [4.78, 5) is 22.3. The maximum atomic E-state index is 10.5. The molecule has 0 unspecified atom stereocenters. The predicted octanol–water partition coefficient (Wildman–Crippen LogP) is -0.317. The first-order chi connectivity index (χ1) is 5.13. The first-order valence-corrected chi connectivity index (χ1v) is 3.72. The Kier molecular flexibility index (Phi) is 4.78. The molecule has 0 aromatic heterocycles. The lowest BCUT2D eigenvalue weighted by Crippen LogP contribution is -2.40. The Morgan fingerprint density at radius 2 is 1.91 bits per heavy atom. The first-order valence-electron chi connectivity index (χ1n) is 3.72. The zero-order valence-corrected chi connectivity index (χ0v) is 7.28. The van der Waals surface area contributed by atoms with Gasteiger partial charge in [-0.25, -0.2) is 0 Å². The van der Waals surface area contributed by atoms with Crippen molar-refractivity contribution >= 4 is 19.9 Å². The topological polar surface area (TPSA) is 37.4 Å². The van der Waals surface area contributed by atoms with Crippen molar-refractivity contribution in [1.29, 1.82) is 0 Å². The molecule has 0 aliphatic carbocycles. The average molecular weight is 155 g/mol. The summed E-state index contributed by atoms with van der Waals surface area (Å²) >= 11 is 0. The molecule has 0 amide bonds. The molecule has 0 spiro atoms. The molecule has 0 fully saturated rings. The van der Waals surface area contributed by atoms with Gasteiger partial charge in [0.15, 0.2) is 0 Å². The molecular weight excluding hydrogens is 141 g/mol. The van der Waals surface area contributed by atoms with Crippen LogP contribution in [0, 0.1) is 5.92 Å². The lowest BCUT2D eigenvalue weighted by Gasteiger charge is -2.23. The van der Waals surface area contributed by atoms with Crippen molar-refractivity contribution in [2.75, 3.05) is 7.05 Å². The number of nitrogens with zero attached hydrogens (tertiary/aromatic N) is 1. The van der Waals surface area contributed by atoms with E-state index in [1.54, 1.807) is 11.9 Å². The van der Waals surface area contributed by atoms with Crippen LogP contribution in [-0.2, 0) is 9.59 Å². The molecule has 4 heteroatoms. The number of aldehydes is 1. The molecule has 0 bridgehead atoms. The number of rotatable bonds is 5. The molecule has 0 heterocycles. The fraction of sp³-hybridized carbons (Fsp3) is 0.714. The van der Waals surface area contributed by atoms with Crippen LogP contribution in [0.5, 0.6) is 0 Å². The summed E-state index contributed by atoms with van der Waals surface area (Å²) in [5.74, 6) is 0.262. The summed E-state index contributed by atoms with van der Waals surface area (Å²) in [5, 5.41) is 0. The van der Waals surface area contributed by atoms with Crippen molar-refractivity contribution in [3.05, 3.63) is 0 Å². The van der Waals surface area contributed by atoms with Crippen molar-refractivity contribution in [1.82, 2.24) is 4.81 Å². The summed E-state index contributed by atoms with van der Waals surface area (Å²) in [5.41, 5.74) is 0. The van der Waals surface area contributed by atoms with Gasteiger partial charge in [-0.05, 0) is 13.0 Å². The Morgan fingerprint density at radius 1 is 1.36 bits per heavy atom. The third kappa shape index (κ3) is 3.32. The fourth-order valence-electron chi connectivity index (χ4n) is 1.01. The highest BCUT2D eigenvalue weighted by atomic mass is 16.1. The summed E-state index contributed by atoms with van der Waals surface area (Å²) in [6.07, 6.45) is 1.69. The number of likely N-dealkylation sites (N-methyl/N-ethyl adjacent to an activating group) is 1. The number of hydrogen-bond acceptors (Lipinski definition) is 3. The van der Waals surface area contributed by atoms with Gasteiger partial charge in [0.1, 0.15) is 6.29 Å². The lowest BCUT2D eigenvalue weighted by atomic mass is 9.90. The second-order valence-corrected chi connectivity index (χ2v) is 2.98. The number of carbonyl (C=O) groups excluding carboxylic acids is 2. The van der Waals surface area contributed by atoms with Gasteiger partial charge in [-0.2, -0.15) is 0 Å². The van der Waals surface area contributed by atoms with Crippen molar-refractivity contribution < 1.29 is 9.59 Å². The minimum absolute atomic E-state index is 0.139. The maximum absolute atomic E-state index is 10.5. The van der Waals surface area contributed by atoms with E-state index in [1.165, 1.54) is 0 Å².